The molecule has 0 unspecified atom stereocenters. The zero-order chi connectivity index (χ0) is 22.2. The number of aromatic nitrogens is 2. The first-order valence-electron chi connectivity index (χ1n) is 9.32. The van der Waals surface area contributed by atoms with Crippen molar-refractivity contribution in [2.45, 2.75) is 32.2 Å². The van der Waals surface area contributed by atoms with Crippen molar-refractivity contribution >= 4 is 21.2 Å². The molecule has 158 valence electrons. The van der Waals surface area contributed by atoms with E-state index in [1.807, 2.05) is 49.7 Å². The number of nitrogens with zero attached hydrogens (tertiary/aromatic N) is 4. The fourth-order valence-electron chi connectivity index (χ4n) is 3.56. The van der Waals surface area contributed by atoms with Gasteiger partial charge in [0.15, 0.2) is 9.84 Å². The molecule has 0 amide bonds. The van der Waals surface area contributed by atoms with Gasteiger partial charge in [0.05, 0.1) is 16.3 Å². The molecular formula is C21H24N4O4S. The SMILES string of the molecule is Cc1ccccc1-n1nc(C)c(CN(C)c2cccc(S(C)(=O)=O)c2[N+](=O)[O-])c1C. The van der Waals surface area contributed by atoms with Gasteiger partial charge in [0.25, 0.3) is 0 Å². The first-order valence-corrected chi connectivity index (χ1v) is 11.2. The number of hydrogen-bond donors (Lipinski definition) is 0. The van der Waals surface area contributed by atoms with Crippen molar-refractivity contribution in [3.63, 3.8) is 0 Å². The molecule has 0 saturated heterocycles. The van der Waals surface area contributed by atoms with Crippen LogP contribution in [0.5, 0.6) is 0 Å². The summed E-state index contributed by atoms with van der Waals surface area (Å²) in [7, 11) is -2.04. The smallest absolute Gasteiger partial charge is 0.311 e. The van der Waals surface area contributed by atoms with E-state index in [-0.39, 0.29) is 10.6 Å². The summed E-state index contributed by atoms with van der Waals surface area (Å²) in [4.78, 5) is 12.5. The van der Waals surface area contributed by atoms with Gasteiger partial charge >= 0.3 is 5.69 Å². The Morgan fingerprint density at radius 2 is 1.77 bits per heavy atom. The van der Waals surface area contributed by atoms with Crippen LogP contribution in [0.4, 0.5) is 11.4 Å². The second kappa shape index (κ2) is 7.91. The minimum absolute atomic E-state index is 0.241. The number of rotatable bonds is 6. The zero-order valence-electron chi connectivity index (χ0n) is 17.6. The summed E-state index contributed by atoms with van der Waals surface area (Å²) in [5.41, 5.74) is 4.55. The lowest BCUT2D eigenvalue weighted by atomic mass is 10.1. The highest BCUT2D eigenvalue weighted by atomic mass is 32.2. The number of sulfone groups is 1. The largest absolute Gasteiger partial charge is 0.365 e. The Morgan fingerprint density at radius 3 is 2.37 bits per heavy atom. The second-order valence-electron chi connectivity index (χ2n) is 7.36. The van der Waals surface area contributed by atoms with E-state index in [2.05, 4.69) is 5.10 Å². The normalized spacial score (nSPS) is 11.5. The van der Waals surface area contributed by atoms with E-state index in [0.717, 1.165) is 34.5 Å². The van der Waals surface area contributed by atoms with Crippen LogP contribution in [0.2, 0.25) is 0 Å². The Hall–Kier alpha value is -3.20. The predicted octanol–water partition coefficient (Wildman–Crippen LogP) is 3.75. The van der Waals surface area contributed by atoms with Gasteiger partial charge in [-0.1, -0.05) is 24.3 Å². The van der Waals surface area contributed by atoms with Gasteiger partial charge in [0, 0.05) is 31.1 Å². The number of benzene rings is 2. The van der Waals surface area contributed by atoms with Crippen molar-refractivity contribution in [1.29, 1.82) is 0 Å². The van der Waals surface area contributed by atoms with Crippen LogP contribution >= 0.6 is 0 Å². The second-order valence-corrected chi connectivity index (χ2v) is 9.34. The van der Waals surface area contributed by atoms with Gasteiger partial charge in [-0.25, -0.2) is 13.1 Å². The molecule has 3 rings (SSSR count). The standard InChI is InChI=1S/C21H24N4O4S/c1-14-9-6-7-10-18(14)24-16(3)17(15(2)22-24)13-23(4)19-11-8-12-20(30(5,28)29)21(19)25(26)27/h6-12H,13H2,1-5H3. The summed E-state index contributed by atoms with van der Waals surface area (Å²) >= 11 is 0. The fraction of sp³-hybridized carbons (Fsp3) is 0.286. The Balaban J connectivity index is 2.05. The van der Waals surface area contributed by atoms with Gasteiger partial charge in [0.1, 0.15) is 10.6 Å². The van der Waals surface area contributed by atoms with Gasteiger partial charge in [-0.2, -0.15) is 5.10 Å². The quantitative estimate of drug-likeness (QED) is 0.438. The summed E-state index contributed by atoms with van der Waals surface area (Å²) in [6.45, 7) is 6.21. The summed E-state index contributed by atoms with van der Waals surface area (Å²) in [5, 5.41) is 16.4. The van der Waals surface area contributed by atoms with Crippen LogP contribution < -0.4 is 4.90 Å². The predicted molar refractivity (Wildman–Crippen MR) is 116 cm³/mol. The number of para-hydroxylation sites is 2. The maximum absolute atomic E-state index is 12.1. The zero-order valence-corrected chi connectivity index (χ0v) is 18.4. The molecule has 1 aromatic heterocycles. The van der Waals surface area contributed by atoms with E-state index >= 15 is 0 Å². The van der Waals surface area contributed by atoms with Crippen molar-refractivity contribution in [1.82, 2.24) is 9.78 Å². The van der Waals surface area contributed by atoms with E-state index in [9.17, 15) is 18.5 Å². The first kappa shape index (κ1) is 21.5. The molecule has 3 aromatic rings. The highest BCUT2D eigenvalue weighted by Gasteiger charge is 2.28. The van der Waals surface area contributed by atoms with E-state index in [0.29, 0.717) is 6.54 Å². The van der Waals surface area contributed by atoms with Gasteiger partial charge in [-0.05, 0) is 44.5 Å². The highest BCUT2D eigenvalue weighted by molar-refractivity contribution is 7.90. The molecule has 0 fully saturated rings. The van der Waals surface area contributed by atoms with Gasteiger partial charge in [0.2, 0.25) is 0 Å². The first-order chi connectivity index (χ1) is 14.0. The lowest BCUT2D eigenvalue weighted by Crippen LogP contribution is -2.19. The third kappa shape index (κ3) is 3.93. The Kier molecular flexibility index (Phi) is 5.67. The molecule has 8 nitrogen and oxygen atoms in total. The van der Waals surface area contributed by atoms with Crippen molar-refractivity contribution < 1.29 is 13.3 Å². The van der Waals surface area contributed by atoms with Crippen LogP contribution in [-0.2, 0) is 16.4 Å². The Bertz CT molecular complexity index is 1230. The molecular weight excluding hydrogens is 404 g/mol. The lowest BCUT2D eigenvalue weighted by Gasteiger charge is -2.20. The van der Waals surface area contributed by atoms with E-state index in [4.69, 9.17) is 0 Å². The maximum Gasteiger partial charge on any atom is 0.311 e. The van der Waals surface area contributed by atoms with E-state index in [1.165, 1.54) is 12.1 Å². The Labute approximate surface area is 175 Å². The summed E-state index contributed by atoms with van der Waals surface area (Å²) in [5.74, 6) is 0. The molecule has 0 bridgehead atoms. The third-order valence-corrected chi connectivity index (χ3v) is 6.28. The lowest BCUT2D eigenvalue weighted by molar-refractivity contribution is -0.387. The van der Waals surface area contributed by atoms with Crippen LogP contribution in [0.25, 0.3) is 5.69 Å². The number of hydrogen-bond acceptors (Lipinski definition) is 6. The number of anilines is 1. The molecule has 0 radical (unpaired) electrons. The van der Waals surface area contributed by atoms with Crippen LogP contribution in [0, 0.1) is 30.9 Å². The third-order valence-electron chi connectivity index (χ3n) is 5.15. The fourth-order valence-corrected chi connectivity index (χ4v) is 4.42. The van der Waals surface area contributed by atoms with Crippen LogP contribution in [-0.4, -0.2) is 36.4 Å². The molecule has 0 spiro atoms. The molecule has 0 N–H and O–H groups in total. The average molecular weight is 429 g/mol. The van der Waals surface area contributed by atoms with Crippen LogP contribution in [0.1, 0.15) is 22.5 Å². The van der Waals surface area contributed by atoms with Crippen molar-refractivity contribution in [3.05, 3.63) is 75.1 Å². The molecule has 0 aliphatic heterocycles. The molecule has 9 heteroatoms. The molecule has 30 heavy (non-hydrogen) atoms. The molecule has 2 aromatic carbocycles. The van der Waals surface area contributed by atoms with Gasteiger partial charge in [-0.15, -0.1) is 0 Å². The summed E-state index contributed by atoms with van der Waals surface area (Å²) < 4.78 is 26.0. The number of nitro groups is 1. The van der Waals surface area contributed by atoms with Gasteiger partial charge < -0.3 is 4.90 Å². The van der Waals surface area contributed by atoms with Gasteiger partial charge in [-0.3, -0.25) is 10.1 Å². The molecule has 1 heterocycles. The van der Waals surface area contributed by atoms with Crippen molar-refractivity contribution in [2.24, 2.45) is 0 Å². The minimum atomic E-state index is -3.75. The molecule has 0 saturated carbocycles. The number of nitro benzene ring substituents is 1. The van der Waals surface area contributed by atoms with Crippen molar-refractivity contribution in [2.75, 3.05) is 18.2 Å². The molecule has 0 aliphatic carbocycles. The van der Waals surface area contributed by atoms with Crippen LogP contribution in [0.15, 0.2) is 47.4 Å². The average Bonchev–Trinajstić information content (AvgIpc) is 2.95. The summed E-state index contributed by atoms with van der Waals surface area (Å²) in [6.07, 6.45) is 0.972. The van der Waals surface area contributed by atoms with E-state index < -0.39 is 20.4 Å². The van der Waals surface area contributed by atoms with E-state index in [1.54, 1.807) is 18.0 Å². The number of aryl methyl sites for hydroxylation is 2. The molecule has 0 atom stereocenters. The van der Waals surface area contributed by atoms with Crippen LogP contribution in [0.3, 0.4) is 0 Å². The van der Waals surface area contributed by atoms with Crippen molar-refractivity contribution in [3.8, 4) is 5.69 Å². The topological polar surface area (TPSA) is 98.3 Å². The summed E-state index contributed by atoms with van der Waals surface area (Å²) in [6, 6.07) is 12.3. The monoisotopic (exact) mass is 428 g/mol. The highest BCUT2D eigenvalue weighted by Crippen LogP contribution is 2.35. The Morgan fingerprint density at radius 1 is 1.10 bits per heavy atom. The minimum Gasteiger partial charge on any atom is -0.365 e. The maximum atomic E-state index is 12.1. The molecule has 0 aliphatic rings.